The van der Waals surface area contributed by atoms with E-state index in [1.165, 1.54) is 0 Å². The predicted octanol–water partition coefficient (Wildman–Crippen LogP) is 4.23. The van der Waals surface area contributed by atoms with E-state index >= 15 is 0 Å². The third kappa shape index (κ3) is 3.69. The number of rotatable bonds is 5. The molecule has 2 N–H and O–H groups in total. The summed E-state index contributed by atoms with van der Waals surface area (Å²) in [6.45, 7) is 3.31. The van der Waals surface area contributed by atoms with Crippen molar-refractivity contribution in [2.45, 2.75) is 24.0 Å². The van der Waals surface area contributed by atoms with E-state index in [1.807, 2.05) is 30.3 Å². The first-order valence-corrected chi connectivity index (χ1v) is 10.9. The van der Waals surface area contributed by atoms with Crippen molar-refractivity contribution in [3.05, 3.63) is 66.9 Å². The molecule has 0 fully saturated rings. The molecule has 0 aliphatic heterocycles. The van der Waals surface area contributed by atoms with E-state index < -0.39 is 15.1 Å². The first-order chi connectivity index (χ1) is 14.4. The first kappa shape index (κ1) is 19.8. The standard InChI is InChI=1S/C22H20N4O3S/c1-14(2)30(27,28)17-10-8-16(9-11-17)19-13-24-22(23)21(25-19)20-12-18(26-29-20)15-6-4-3-5-7-15/h3-14H,1-2H3,(H2,23,24). The summed E-state index contributed by atoms with van der Waals surface area (Å²) >= 11 is 0. The van der Waals surface area contributed by atoms with E-state index in [4.69, 9.17) is 10.3 Å². The molecule has 0 aliphatic carbocycles. The molecular formula is C22H20N4O3S. The molecule has 0 spiro atoms. The maximum atomic E-state index is 12.3. The summed E-state index contributed by atoms with van der Waals surface area (Å²) in [6.07, 6.45) is 1.54. The molecule has 30 heavy (non-hydrogen) atoms. The molecule has 0 radical (unpaired) electrons. The average Bonchev–Trinajstić information content (AvgIpc) is 3.25. The second-order valence-electron chi connectivity index (χ2n) is 7.05. The van der Waals surface area contributed by atoms with Gasteiger partial charge in [-0.1, -0.05) is 47.6 Å². The van der Waals surface area contributed by atoms with Crippen molar-refractivity contribution in [1.29, 1.82) is 0 Å². The van der Waals surface area contributed by atoms with E-state index in [2.05, 4.69) is 15.1 Å². The van der Waals surface area contributed by atoms with Crippen LogP contribution in [0, 0.1) is 0 Å². The van der Waals surface area contributed by atoms with Gasteiger partial charge >= 0.3 is 0 Å². The van der Waals surface area contributed by atoms with E-state index in [1.54, 1.807) is 50.4 Å². The van der Waals surface area contributed by atoms with Crippen LogP contribution in [0.2, 0.25) is 0 Å². The number of nitrogens with two attached hydrogens (primary N) is 1. The van der Waals surface area contributed by atoms with Gasteiger partial charge < -0.3 is 10.3 Å². The van der Waals surface area contributed by atoms with Crippen molar-refractivity contribution >= 4 is 15.7 Å². The highest BCUT2D eigenvalue weighted by molar-refractivity contribution is 7.92. The smallest absolute Gasteiger partial charge is 0.189 e. The second kappa shape index (κ2) is 7.72. The Labute approximate surface area is 174 Å². The Morgan fingerprint density at radius 1 is 0.933 bits per heavy atom. The second-order valence-corrected chi connectivity index (χ2v) is 9.55. The molecule has 0 aliphatic rings. The van der Waals surface area contributed by atoms with Crippen LogP contribution in [0.1, 0.15) is 13.8 Å². The van der Waals surface area contributed by atoms with E-state index in [-0.39, 0.29) is 10.7 Å². The van der Waals surface area contributed by atoms with Crippen LogP contribution in [0.15, 0.2) is 76.3 Å². The van der Waals surface area contributed by atoms with Crippen molar-refractivity contribution in [1.82, 2.24) is 15.1 Å². The van der Waals surface area contributed by atoms with Crippen LogP contribution in [-0.4, -0.2) is 28.8 Å². The van der Waals surface area contributed by atoms with E-state index in [0.29, 0.717) is 28.4 Å². The van der Waals surface area contributed by atoms with Gasteiger partial charge in [-0.25, -0.2) is 18.4 Å². The summed E-state index contributed by atoms with van der Waals surface area (Å²) in [7, 11) is -3.34. The van der Waals surface area contributed by atoms with Gasteiger partial charge in [0.1, 0.15) is 5.69 Å². The van der Waals surface area contributed by atoms with Gasteiger partial charge in [0.15, 0.2) is 27.1 Å². The summed E-state index contributed by atoms with van der Waals surface area (Å²) in [6, 6.07) is 17.9. The zero-order chi connectivity index (χ0) is 21.3. The molecule has 0 unspecified atom stereocenters. The van der Waals surface area contributed by atoms with Crippen LogP contribution >= 0.6 is 0 Å². The zero-order valence-corrected chi connectivity index (χ0v) is 17.3. The summed E-state index contributed by atoms with van der Waals surface area (Å²) in [5, 5.41) is 3.61. The highest BCUT2D eigenvalue weighted by atomic mass is 32.2. The van der Waals surface area contributed by atoms with Gasteiger partial charge in [0, 0.05) is 17.2 Å². The van der Waals surface area contributed by atoms with Crippen LogP contribution in [0.5, 0.6) is 0 Å². The quantitative estimate of drug-likeness (QED) is 0.514. The lowest BCUT2D eigenvalue weighted by atomic mass is 10.1. The Bertz CT molecular complexity index is 1280. The number of benzene rings is 2. The van der Waals surface area contributed by atoms with Crippen molar-refractivity contribution in [3.8, 4) is 34.0 Å². The minimum absolute atomic E-state index is 0.216. The highest BCUT2D eigenvalue weighted by Gasteiger charge is 2.19. The molecule has 152 valence electrons. The molecule has 0 atom stereocenters. The number of sulfone groups is 1. The lowest BCUT2D eigenvalue weighted by Gasteiger charge is -2.09. The fourth-order valence-corrected chi connectivity index (χ4v) is 4.00. The summed E-state index contributed by atoms with van der Waals surface area (Å²) in [4.78, 5) is 9.07. The fraction of sp³-hybridized carbons (Fsp3) is 0.136. The molecule has 2 aromatic heterocycles. The van der Waals surface area contributed by atoms with E-state index in [9.17, 15) is 8.42 Å². The van der Waals surface area contributed by atoms with Gasteiger partial charge in [0.2, 0.25) is 0 Å². The number of anilines is 1. The molecular weight excluding hydrogens is 400 g/mol. The van der Waals surface area contributed by atoms with Gasteiger partial charge in [0.05, 0.1) is 22.0 Å². The molecule has 4 aromatic rings. The van der Waals surface area contributed by atoms with Gasteiger partial charge in [-0.2, -0.15) is 0 Å². The minimum Gasteiger partial charge on any atom is -0.382 e. The molecule has 4 rings (SSSR count). The predicted molar refractivity (Wildman–Crippen MR) is 115 cm³/mol. The molecule has 2 aromatic carbocycles. The largest absolute Gasteiger partial charge is 0.382 e. The average molecular weight is 420 g/mol. The minimum atomic E-state index is -3.34. The van der Waals surface area contributed by atoms with Gasteiger partial charge in [-0.15, -0.1) is 0 Å². The van der Waals surface area contributed by atoms with Crippen molar-refractivity contribution in [3.63, 3.8) is 0 Å². The topological polar surface area (TPSA) is 112 Å². The molecule has 8 heteroatoms. The maximum absolute atomic E-state index is 12.3. The lowest BCUT2D eigenvalue weighted by molar-refractivity contribution is 0.434. The fourth-order valence-electron chi connectivity index (χ4n) is 2.94. The third-order valence-corrected chi connectivity index (χ3v) is 6.88. The Balaban J connectivity index is 1.69. The summed E-state index contributed by atoms with van der Waals surface area (Å²) < 4.78 is 30.1. The number of hydrogen-bond donors (Lipinski definition) is 1. The first-order valence-electron chi connectivity index (χ1n) is 9.35. The summed E-state index contributed by atoms with van der Waals surface area (Å²) in [5.74, 6) is 0.619. The van der Waals surface area contributed by atoms with Gasteiger partial charge in [-0.3, -0.25) is 0 Å². The van der Waals surface area contributed by atoms with Crippen molar-refractivity contribution in [2.75, 3.05) is 5.73 Å². The van der Waals surface area contributed by atoms with Crippen molar-refractivity contribution < 1.29 is 12.9 Å². The Morgan fingerprint density at radius 2 is 1.60 bits per heavy atom. The SMILES string of the molecule is CC(C)S(=O)(=O)c1ccc(-c2cnc(N)c(-c3cc(-c4ccccc4)no3)n2)cc1. The molecule has 0 saturated heterocycles. The van der Waals surface area contributed by atoms with Crippen LogP contribution in [-0.2, 0) is 9.84 Å². The highest BCUT2D eigenvalue weighted by Crippen LogP contribution is 2.30. The zero-order valence-electron chi connectivity index (χ0n) is 16.5. The van der Waals surface area contributed by atoms with Crippen LogP contribution in [0.4, 0.5) is 5.82 Å². The lowest BCUT2D eigenvalue weighted by Crippen LogP contribution is -2.13. The van der Waals surface area contributed by atoms with Gasteiger partial charge in [0.25, 0.3) is 0 Å². The molecule has 7 nitrogen and oxygen atoms in total. The van der Waals surface area contributed by atoms with Crippen LogP contribution < -0.4 is 5.73 Å². The van der Waals surface area contributed by atoms with Gasteiger partial charge in [-0.05, 0) is 26.0 Å². The Morgan fingerprint density at radius 3 is 2.27 bits per heavy atom. The number of nitrogens with zero attached hydrogens (tertiary/aromatic N) is 3. The number of aromatic nitrogens is 3. The number of nitrogen functional groups attached to an aromatic ring is 1. The molecule has 0 bridgehead atoms. The van der Waals surface area contributed by atoms with Crippen molar-refractivity contribution in [2.24, 2.45) is 0 Å². The van der Waals surface area contributed by atoms with Crippen LogP contribution in [0.3, 0.4) is 0 Å². The normalized spacial score (nSPS) is 11.7. The van der Waals surface area contributed by atoms with Crippen LogP contribution in [0.25, 0.3) is 34.0 Å². The summed E-state index contributed by atoms with van der Waals surface area (Å²) in [5.41, 5.74) is 9.24. The third-order valence-electron chi connectivity index (χ3n) is 4.71. The van der Waals surface area contributed by atoms with E-state index in [0.717, 1.165) is 5.56 Å². The molecule has 0 amide bonds. The Hall–Kier alpha value is -3.52. The number of hydrogen-bond acceptors (Lipinski definition) is 7. The monoisotopic (exact) mass is 420 g/mol. The molecule has 0 saturated carbocycles. The maximum Gasteiger partial charge on any atom is 0.189 e. The Kier molecular flexibility index (Phi) is 5.09. The molecule has 2 heterocycles.